The molecule has 2 N–H and O–H groups in total. The quantitative estimate of drug-likeness (QED) is 0.348. The molecule has 0 aliphatic heterocycles. The van der Waals surface area contributed by atoms with E-state index < -0.39 is 0 Å². The zero-order valence-electron chi connectivity index (χ0n) is 15.1. The highest BCUT2D eigenvalue weighted by Crippen LogP contribution is 2.17. The molecule has 0 fully saturated rings. The second-order valence-corrected chi connectivity index (χ2v) is 5.21. The third-order valence-electron chi connectivity index (χ3n) is 3.38. The van der Waals surface area contributed by atoms with Crippen LogP contribution in [0.15, 0.2) is 29.3 Å². The van der Waals surface area contributed by atoms with Crippen LogP contribution in [-0.2, 0) is 16.0 Å². The van der Waals surface area contributed by atoms with E-state index in [1.54, 1.807) is 14.2 Å². The van der Waals surface area contributed by atoms with Crippen LogP contribution in [0, 0.1) is 0 Å². The van der Waals surface area contributed by atoms with Crippen LogP contribution in [0.4, 0.5) is 0 Å². The molecular formula is C18H31N3O3. The lowest BCUT2D eigenvalue weighted by atomic mass is 10.2. The van der Waals surface area contributed by atoms with Crippen molar-refractivity contribution in [3.05, 3.63) is 29.8 Å². The smallest absolute Gasteiger partial charge is 0.191 e. The number of rotatable bonds is 12. The van der Waals surface area contributed by atoms with Gasteiger partial charge in [0.25, 0.3) is 0 Å². The Bertz CT molecular complexity index is 467. The van der Waals surface area contributed by atoms with Gasteiger partial charge in [0.05, 0.1) is 19.8 Å². The molecule has 1 aromatic carbocycles. The van der Waals surface area contributed by atoms with Gasteiger partial charge in [0.15, 0.2) is 5.96 Å². The molecule has 0 heterocycles. The van der Waals surface area contributed by atoms with Crippen molar-refractivity contribution in [1.29, 1.82) is 0 Å². The van der Waals surface area contributed by atoms with Gasteiger partial charge in [-0.25, -0.2) is 0 Å². The first-order valence-electron chi connectivity index (χ1n) is 8.53. The van der Waals surface area contributed by atoms with Crippen LogP contribution in [0.3, 0.4) is 0 Å². The summed E-state index contributed by atoms with van der Waals surface area (Å²) in [5.74, 6) is 1.71. The lowest BCUT2D eigenvalue weighted by molar-refractivity contribution is 0.0689. The van der Waals surface area contributed by atoms with Crippen LogP contribution in [0.2, 0.25) is 0 Å². The van der Waals surface area contributed by atoms with Crippen molar-refractivity contribution >= 4 is 5.96 Å². The standard InChI is InChI=1S/C18H31N3O3/c1-4-24-17-10-6-5-9-16(17)15-21-18(19-2)20-11-7-8-12-23-14-13-22-3/h5-6,9-10H,4,7-8,11-15H2,1-3H3,(H2,19,20,21). The first-order chi connectivity index (χ1) is 11.8. The Morgan fingerprint density at radius 3 is 2.67 bits per heavy atom. The summed E-state index contributed by atoms with van der Waals surface area (Å²) in [7, 11) is 3.45. The number of benzene rings is 1. The molecular weight excluding hydrogens is 306 g/mol. The van der Waals surface area contributed by atoms with E-state index in [-0.39, 0.29) is 0 Å². The average molecular weight is 337 g/mol. The van der Waals surface area contributed by atoms with E-state index in [2.05, 4.69) is 21.7 Å². The summed E-state index contributed by atoms with van der Waals surface area (Å²) in [5.41, 5.74) is 1.12. The molecule has 1 aromatic rings. The maximum Gasteiger partial charge on any atom is 0.191 e. The van der Waals surface area contributed by atoms with E-state index in [1.807, 2.05) is 25.1 Å². The van der Waals surface area contributed by atoms with E-state index in [0.717, 1.165) is 43.3 Å². The molecule has 136 valence electrons. The van der Waals surface area contributed by atoms with Gasteiger partial charge in [-0.1, -0.05) is 18.2 Å². The largest absolute Gasteiger partial charge is 0.494 e. The molecule has 0 spiro atoms. The Morgan fingerprint density at radius 2 is 1.92 bits per heavy atom. The van der Waals surface area contributed by atoms with Crippen molar-refractivity contribution in [1.82, 2.24) is 10.6 Å². The lowest BCUT2D eigenvalue weighted by Crippen LogP contribution is -2.37. The Morgan fingerprint density at radius 1 is 1.08 bits per heavy atom. The van der Waals surface area contributed by atoms with Crippen LogP contribution >= 0.6 is 0 Å². The summed E-state index contributed by atoms with van der Waals surface area (Å²) in [4.78, 5) is 4.24. The van der Waals surface area contributed by atoms with Crippen LogP contribution in [-0.4, -0.2) is 53.1 Å². The van der Waals surface area contributed by atoms with Gasteiger partial charge >= 0.3 is 0 Å². The second kappa shape index (κ2) is 13.6. The summed E-state index contributed by atoms with van der Waals surface area (Å²) in [6, 6.07) is 8.04. The van der Waals surface area contributed by atoms with Crippen molar-refractivity contribution in [3.8, 4) is 5.75 Å². The third kappa shape index (κ3) is 8.74. The highest BCUT2D eigenvalue weighted by Gasteiger charge is 2.03. The van der Waals surface area contributed by atoms with Crippen molar-refractivity contribution in [2.24, 2.45) is 4.99 Å². The van der Waals surface area contributed by atoms with E-state index >= 15 is 0 Å². The topological polar surface area (TPSA) is 64.1 Å². The van der Waals surface area contributed by atoms with Crippen molar-refractivity contribution in [2.45, 2.75) is 26.3 Å². The van der Waals surface area contributed by atoms with Gasteiger partial charge in [0, 0.05) is 39.4 Å². The highest BCUT2D eigenvalue weighted by molar-refractivity contribution is 5.79. The Labute approximate surface area is 145 Å². The number of nitrogens with one attached hydrogen (secondary N) is 2. The number of methoxy groups -OCH3 is 1. The van der Waals surface area contributed by atoms with Crippen LogP contribution < -0.4 is 15.4 Å². The molecule has 24 heavy (non-hydrogen) atoms. The Balaban J connectivity index is 2.21. The first-order valence-corrected chi connectivity index (χ1v) is 8.53. The summed E-state index contributed by atoms with van der Waals surface area (Å²) < 4.78 is 16.0. The second-order valence-electron chi connectivity index (χ2n) is 5.21. The van der Waals surface area contributed by atoms with Gasteiger partial charge in [0.2, 0.25) is 0 Å². The maximum atomic E-state index is 5.63. The van der Waals surface area contributed by atoms with Gasteiger partial charge in [-0.05, 0) is 25.8 Å². The van der Waals surface area contributed by atoms with Crippen LogP contribution in [0.1, 0.15) is 25.3 Å². The molecule has 0 saturated heterocycles. The molecule has 0 unspecified atom stereocenters. The maximum absolute atomic E-state index is 5.63. The fourth-order valence-corrected chi connectivity index (χ4v) is 2.13. The van der Waals surface area contributed by atoms with Crippen molar-refractivity contribution in [3.63, 3.8) is 0 Å². The number of nitrogens with zero attached hydrogens (tertiary/aromatic N) is 1. The lowest BCUT2D eigenvalue weighted by Gasteiger charge is -2.14. The number of hydrogen-bond acceptors (Lipinski definition) is 4. The number of unbranched alkanes of at least 4 members (excludes halogenated alkanes) is 1. The minimum Gasteiger partial charge on any atom is -0.494 e. The number of guanidine groups is 1. The Kier molecular flexibility index (Phi) is 11.5. The number of aliphatic imine (C=N–C) groups is 1. The monoisotopic (exact) mass is 337 g/mol. The molecule has 0 atom stereocenters. The van der Waals surface area contributed by atoms with Gasteiger partial charge in [-0.2, -0.15) is 0 Å². The molecule has 0 amide bonds. The highest BCUT2D eigenvalue weighted by atomic mass is 16.5. The fraction of sp³-hybridized carbons (Fsp3) is 0.611. The Hall–Kier alpha value is -1.79. The number of ether oxygens (including phenoxy) is 3. The zero-order chi connectivity index (χ0) is 17.5. The van der Waals surface area contributed by atoms with E-state index in [1.165, 1.54) is 0 Å². The summed E-state index contributed by atoms with van der Waals surface area (Å²) in [6.07, 6.45) is 2.05. The minimum atomic E-state index is 0.651. The van der Waals surface area contributed by atoms with Gasteiger partial charge in [0.1, 0.15) is 5.75 Å². The van der Waals surface area contributed by atoms with Crippen molar-refractivity contribution in [2.75, 3.05) is 47.1 Å². The molecule has 1 rings (SSSR count). The van der Waals surface area contributed by atoms with Crippen molar-refractivity contribution < 1.29 is 14.2 Å². The predicted molar refractivity (Wildman–Crippen MR) is 97.7 cm³/mol. The summed E-state index contributed by atoms with van der Waals surface area (Å²) >= 11 is 0. The summed E-state index contributed by atoms with van der Waals surface area (Å²) in [5, 5.41) is 6.63. The first kappa shape index (κ1) is 20.3. The summed E-state index contributed by atoms with van der Waals surface area (Å²) in [6.45, 7) is 6.26. The SMILES string of the molecule is CCOc1ccccc1CNC(=NC)NCCCCOCCOC. The minimum absolute atomic E-state index is 0.651. The predicted octanol–water partition coefficient (Wildman–Crippen LogP) is 2.19. The van der Waals surface area contributed by atoms with Gasteiger partial charge < -0.3 is 24.8 Å². The number of hydrogen-bond donors (Lipinski definition) is 2. The fourth-order valence-electron chi connectivity index (χ4n) is 2.13. The molecule has 0 aromatic heterocycles. The van der Waals surface area contributed by atoms with Gasteiger partial charge in [-0.15, -0.1) is 0 Å². The zero-order valence-corrected chi connectivity index (χ0v) is 15.1. The van der Waals surface area contributed by atoms with Crippen LogP contribution in [0.25, 0.3) is 0 Å². The van der Waals surface area contributed by atoms with Crippen LogP contribution in [0.5, 0.6) is 5.75 Å². The van der Waals surface area contributed by atoms with E-state index in [4.69, 9.17) is 14.2 Å². The molecule has 0 radical (unpaired) electrons. The molecule has 0 saturated carbocycles. The molecule has 0 bridgehead atoms. The third-order valence-corrected chi connectivity index (χ3v) is 3.38. The molecule has 6 nitrogen and oxygen atoms in total. The van der Waals surface area contributed by atoms with E-state index in [0.29, 0.717) is 26.4 Å². The number of para-hydroxylation sites is 1. The van der Waals surface area contributed by atoms with Gasteiger partial charge in [-0.3, -0.25) is 4.99 Å². The normalized spacial score (nSPS) is 11.4. The molecule has 0 aliphatic rings. The van der Waals surface area contributed by atoms with E-state index in [9.17, 15) is 0 Å². The molecule has 6 heteroatoms. The average Bonchev–Trinajstić information content (AvgIpc) is 2.61. The molecule has 0 aliphatic carbocycles.